The van der Waals surface area contributed by atoms with E-state index in [0.29, 0.717) is 12.0 Å². The predicted octanol–water partition coefficient (Wildman–Crippen LogP) is 5.98. The lowest BCUT2D eigenvalue weighted by atomic mass is 10.1. The highest BCUT2D eigenvalue weighted by Crippen LogP contribution is 2.30. The van der Waals surface area contributed by atoms with Crippen molar-refractivity contribution in [3.05, 3.63) is 23.8 Å². The fraction of sp³-hybridized carbons (Fsp3) is 0.677. The molecule has 0 bridgehead atoms. The van der Waals surface area contributed by atoms with Gasteiger partial charge >= 0.3 is 24.2 Å². The summed E-state index contributed by atoms with van der Waals surface area (Å²) in [6.45, 7) is 15.2. The number of hydrogen-bond acceptors (Lipinski definition) is 11. The van der Waals surface area contributed by atoms with E-state index in [9.17, 15) is 19.2 Å². The van der Waals surface area contributed by atoms with Gasteiger partial charge in [0.1, 0.15) is 18.2 Å². The molecule has 42 heavy (non-hydrogen) atoms. The van der Waals surface area contributed by atoms with Gasteiger partial charge in [-0.05, 0) is 56.2 Å². The van der Waals surface area contributed by atoms with Gasteiger partial charge in [-0.3, -0.25) is 9.59 Å². The van der Waals surface area contributed by atoms with Crippen LogP contribution in [0.25, 0.3) is 0 Å². The molecule has 1 aromatic rings. The van der Waals surface area contributed by atoms with Crippen LogP contribution in [0.2, 0.25) is 0 Å². The molecule has 2 N–H and O–H groups in total. The Labute approximate surface area is 249 Å². The lowest BCUT2D eigenvalue weighted by Crippen LogP contribution is -2.40. The third-order valence-electron chi connectivity index (χ3n) is 6.91. The largest absolute Gasteiger partial charge is 0.513 e. The van der Waals surface area contributed by atoms with Crippen molar-refractivity contribution in [1.82, 2.24) is 0 Å². The number of carbonyl (C=O) groups is 4. The molecule has 1 rings (SSSR count). The van der Waals surface area contributed by atoms with Gasteiger partial charge in [-0.15, -0.1) is 0 Å². The first-order valence-electron chi connectivity index (χ1n) is 14.8. The van der Waals surface area contributed by atoms with Crippen molar-refractivity contribution < 1.29 is 47.6 Å². The molecule has 0 aliphatic rings. The highest BCUT2D eigenvalue weighted by Gasteiger charge is 2.26. The molecular formula is C31H49NO10. The number of carbonyl (C=O) groups excluding carboxylic acids is 4. The average molecular weight is 596 g/mol. The van der Waals surface area contributed by atoms with Crippen LogP contribution in [-0.4, -0.2) is 55.7 Å². The molecule has 238 valence electrons. The van der Waals surface area contributed by atoms with Crippen molar-refractivity contribution in [2.75, 3.05) is 13.2 Å². The van der Waals surface area contributed by atoms with Crippen LogP contribution in [0.5, 0.6) is 11.5 Å². The molecule has 0 aliphatic heterocycles. The van der Waals surface area contributed by atoms with Crippen molar-refractivity contribution in [2.45, 2.75) is 106 Å². The molecule has 0 amide bonds. The molecule has 1 aromatic carbocycles. The first kappa shape index (κ1) is 36.7. The maximum Gasteiger partial charge on any atom is 0.513 e. The summed E-state index contributed by atoms with van der Waals surface area (Å²) >= 11 is 0. The van der Waals surface area contributed by atoms with E-state index in [2.05, 4.69) is 0 Å². The van der Waals surface area contributed by atoms with Gasteiger partial charge < -0.3 is 34.2 Å². The third kappa shape index (κ3) is 13.5. The molecule has 3 unspecified atom stereocenters. The van der Waals surface area contributed by atoms with Crippen LogP contribution >= 0.6 is 0 Å². The van der Waals surface area contributed by atoms with E-state index in [0.717, 1.165) is 19.3 Å². The number of esters is 2. The molecule has 0 aromatic heterocycles. The van der Waals surface area contributed by atoms with Crippen LogP contribution in [0.3, 0.4) is 0 Å². The molecule has 0 aliphatic carbocycles. The van der Waals surface area contributed by atoms with Gasteiger partial charge in [0, 0.05) is 0 Å². The monoisotopic (exact) mass is 595 g/mol. The molecular weight excluding hydrogens is 546 g/mol. The highest BCUT2D eigenvalue weighted by molar-refractivity contribution is 5.76. The Hall–Kier alpha value is -3.34. The Bertz CT molecular complexity index is 1010. The molecule has 0 heterocycles. The van der Waals surface area contributed by atoms with Gasteiger partial charge in [-0.1, -0.05) is 66.9 Å². The normalized spacial score (nSPS) is 15.3. The summed E-state index contributed by atoms with van der Waals surface area (Å²) in [5.74, 6) is -1.18. The number of ether oxygens (including phenoxy) is 6. The number of hydrogen-bond donors (Lipinski definition) is 1. The van der Waals surface area contributed by atoms with Crippen LogP contribution < -0.4 is 15.2 Å². The van der Waals surface area contributed by atoms with Crippen molar-refractivity contribution in [1.29, 1.82) is 0 Å². The summed E-state index contributed by atoms with van der Waals surface area (Å²) in [5.41, 5.74) is 6.62. The second-order valence-electron chi connectivity index (χ2n) is 10.9. The van der Waals surface area contributed by atoms with Crippen molar-refractivity contribution in [2.24, 2.45) is 23.5 Å². The summed E-state index contributed by atoms with van der Waals surface area (Å²) < 4.78 is 31.8. The van der Waals surface area contributed by atoms with Gasteiger partial charge in [0.2, 0.25) is 0 Å². The van der Waals surface area contributed by atoms with Gasteiger partial charge in [0.15, 0.2) is 11.5 Å². The van der Waals surface area contributed by atoms with Crippen LogP contribution in [0, 0.1) is 17.8 Å². The minimum atomic E-state index is -1.08. The van der Waals surface area contributed by atoms with Gasteiger partial charge in [-0.25, -0.2) is 9.59 Å². The lowest BCUT2D eigenvalue weighted by Gasteiger charge is -2.23. The highest BCUT2D eigenvalue weighted by atomic mass is 16.7. The summed E-state index contributed by atoms with van der Waals surface area (Å²) in [6, 6.07) is 3.34. The summed E-state index contributed by atoms with van der Waals surface area (Å²) in [4.78, 5) is 49.5. The molecule has 11 nitrogen and oxygen atoms in total. The summed E-state index contributed by atoms with van der Waals surface area (Å²) in [7, 11) is 0. The van der Waals surface area contributed by atoms with Crippen LogP contribution in [0.4, 0.5) is 9.59 Å². The van der Waals surface area contributed by atoms with Crippen molar-refractivity contribution in [3.63, 3.8) is 0 Å². The summed E-state index contributed by atoms with van der Waals surface area (Å²) in [6.07, 6.45) is -0.102. The first-order chi connectivity index (χ1) is 19.8. The average Bonchev–Trinajstić information content (AvgIpc) is 2.95. The maximum absolute atomic E-state index is 12.7. The van der Waals surface area contributed by atoms with E-state index in [1.54, 1.807) is 26.8 Å². The molecule has 0 radical (unpaired) electrons. The Morgan fingerprint density at radius 1 is 0.738 bits per heavy atom. The van der Waals surface area contributed by atoms with Crippen LogP contribution in [0.1, 0.15) is 86.6 Å². The second kappa shape index (κ2) is 19.0. The molecule has 0 spiro atoms. The Balaban J connectivity index is 2.94. The van der Waals surface area contributed by atoms with E-state index in [1.165, 1.54) is 12.1 Å². The van der Waals surface area contributed by atoms with Gasteiger partial charge in [0.05, 0.1) is 19.1 Å². The minimum Gasteiger partial charge on any atom is -0.459 e. The number of nitrogens with two attached hydrogens (primary N) is 1. The van der Waals surface area contributed by atoms with Crippen LogP contribution in [-0.2, 0) is 35.0 Å². The van der Waals surface area contributed by atoms with Crippen LogP contribution in [0.15, 0.2) is 18.2 Å². The predicted molar refractivity (Wildman–Crippen MR) is 156 cm³/mol. The zero-order valence-corrected chi connectivity index (χ0v) is 26.3. The second-order valence-corrected chi connectivity index (χ2v) is 10.9. The summed E-state index contributed by atoms with van der Waals surface area (Å²) in [5, 5.41) is 0. The minimum absolute atomic E-state index is 0.0181. The van der Waals surface area contributed by atoms with E-state index in [4.69, 9.17) is 34.2 Å². The zero-order valence-electron chi connectivity index (χ0n) is 26.3. The SMILES string of the molecule is CCCC(C)C(=O)O[C@@H](C)[C@H](C)OC(=O)[C@@H](N)Cc1ccc(OC(=O)OCC(C)CC)c(OC(=O)OCC(C)CC)c1. The molecule has 0 saturated carbocycles. The van der Waals surface area contributed by atoms with E-state index in [-0.39, 0.29) is 54.9 Å². The lowest BCUT2D eigenvalue weighted by molar-refractivity contribution is -0.168. The third-order valence-corrected chi connectivity index (χ3v) is 6.91. The fourth-order valence-corrected chi connectivity index (χ4v) is 3.39. The molecule has 0 saturated heterocycles. The van der Waals surface area contributed by atoms with Gasteiger partial charge in [0.25, 0.3) is 0 Å². The van der Waals surface area contributed by atoms with E-state index < -0.39 is 36.5 Å². The smallest absolute Gasteiger partial charge is 0.459 e. The van der Waals surface area contributed by atoms with E-state index >= 15 is 0 Å². The number of benzene rings is 1. The molecule has 0 fully saturated rings. The molecule has 11 heteroatoms. The van der Waals surface area contributed by atoms with Gasteiger partial charge in [-0.2, -0.15) is 0 Å². The fourth-order valence-electron chi connectivity index (χ4n) is 3.39. The Morgan fingerprint density at radius 2 is 1.24 bits per heavy atom. The quantitative estimate of drug-likeness (QED) is 0.129. The standard InChI is InChI=1S/C31H49NO10/c1-9-12-21(6)28(33)39-22(7)23(8)40-29(34)25(32)15-24-13-14-26(41-30(35)37-17-19(4)10-2)27(16-24)42-31(36)38-18-20(5)11-3/h13-14,16,19-23,25H,9-12,15,17-18,32H2,1-8H3/t19?,20?,21?,22-,23-,25-/m0/s1. The van der Waals surface area contributed by atoms with E-state index in [1.807, 2.05) is 34.6 Å². The zero-order chi connectivity index (χ0) is 31.8. The Morgan fingerprint density at radius 3 is 1.74 bits per heavy atom. The topological polar surface area (TPSA) is 150 Å². The number of rotatable bonds is 17. The van der Waals surface area contributed by atoms with Crippen molar-refractivity contribution in [3.8, 4) is 11.5 Å². The van der Waals surface area contributed by atoms with Crippen molar-refractivity contribution >= 4 is 24.2 Å². The Kier molecular flexibility index (Phi) is 16.6. The molecule has 6 atom stereocenters. The maximum atomic E-state index is 12.7. The first-order valence-corrected chi connectivity index (χ1v) is 14.8.